The van der Waals surface area contributed by atoms with Crippen molar-refractivity contribution in [1.82, 2.24) is 15.6 Å². The molecule has 0 aliphatic heterocycles. The summed E-state index contributed by atoms with van der Waals surface area (Å²) < 4.78 is 0. The van der Waals surface area contributed by atoms with Gasteiger partial charge in [-0.05, 0) is 29.7 Å². The molecule has 0 unspecified atom stereocenters. The lowest BCUT2D eigenvalue weighted by Crippen LogP contribution is -2.53. The first-order chi connectivity index (χ1) is 14.5. The fourth-order valence-electron chi connectivity index (χ4n) is 3.46. The fourth-order valence-corrected chi connectivity index (χ4v) is 3.46. The monoisotopic (exact) mass is 405 g/mol. The summed E-state index contributed by atoms with van der Waals surface area (Å²) in [5, 5.41) is 6.66. The third-order valence-electron chi connectivity index (χ3n) is 5.42. The molecule has 0 fully saturated rings. The molecule has 30 heavy (non-hydrogen) atoms. The van der Waals surface area contributed by atoms with E-state index >= 15 is 0 Å². The Labute approximate surface area is 176 Å². The molecular weight excluding hydrogens is 378 g/mol. The van der Waals surface area contributed by atoms with E-state index in [1.165, 1.54) is 0 Å². The number of fused-ring (bicyclic) bond motifs is 1. The molecule has 0 saturated heterocycles. The number of para-hydroxylation sites is 1. The average molecular weight is 405 g/mol. The summed E-state index contributed by atoms with van der Waals surface area (Å²) >= 11 is 0. The molecule has 6 nitrogen and oxygen atoms in total. The van der Waals surface area contributed by atoms with Gasteiger partial charge in [0.05, 0.1) is 6.04 Å². The summed E-state index contributed by atoms with van der Waals surface area (Å²) in [6.07, 6.45) is 3.68. The van der Waals surface area contributed by atoms with Crippen molar-refractivity contribution in [3.63, 3.8) is 0 Å². The van der Waals surface area contributed by atoms with Gasteiger partial charge in [0, 0.05) is 29.1 Å². The molecule has 3 rings (SSSR count). The molecule has 1 aromatic heterocycles. The van der Waals surface area contributed by atoms with Gasteiger partial charge in [-0.3, -0.25) is 9.59 Å². The molecule has 3 aromatic rings. The van der Waals surface area contributed by atoms with Crippen LogP contribution in [-0.4, -0.2) is 35.2 Å². The van der Waals surface area contributed by atoms with Gasteiger partial charge in [0.2, 0.25) is 5.91 Å². The van der Waals surface area contributed by atoms with Crippen LogP contribution in [0, 0.1) is 5.92 Å². The summed E-state index contributed by atoms with van der Waals surface area (Å²) in [7, 11) is 0. The third-order valence-corrected chi connectivity index (χ3v) is 5.42. The van der Waals surface area contributed by atoms with Crippen LogP contribution >= 0.6 is 0 Å². The first-order valence-electron chi connectivity index (χ1n) is 10.2. The van der Waals surface area contributed by atoms with Crippen molar-refractivity contribution in [2.45, 2.75) is 38.8 Å². The standard InChI is InChI=1S/C24H27N3O3/c1-3-16(2)22(27-23(29)17-9-5-4-6-10-17)24(30)26-19(15-28)13-18-14-25-21-12-8-7-11-20(18)21/h4-12,14-16,19,22,25H,3,13H2,1-2H3,(H,26,30)(H,27,29)/t16-,19+,22+/m1/s1. The van der Waals surface area contributed by atoms with Crippen LogP contribution in [0.15, 0.2) is 60.8 Å². The van der Waals surface area contributed by atoms with Gasteiger partial charge in [0.25, 0.3) is 5.91 Å². The first kappa shape index (κ1) is 21.3. The number of nitrogens with one attached hydrogen (secondary N) is 3. The number of carbonyl (C=O) groups excluding carboxylic acids is 3. The van der Waals surface area contributed by atoms with Gasteiger partial charge in [-0.15, -0.1) is 0 Å². The minimum absolute atomic E-state index is 0.0851. The van der Waals surface area contributed by atoms with Crippen LogP contribution in [0.25, 0.3) is 10.9 Å². The molecule has 0 spiro atoms. The van der Waals surface area contributed by atoms with Crippen LogP contribution < -0.4 is 10.6 Å². The Bertz CT molecular complexity index is 1010. The minimum Gasteiger partial charge on any atom is -0.361 e. The highest BCUT2D eigenvalue weighted by Gasteiger charge is 2.28. The Morgan fingerprint density at radius 2 is 1.73 bits per heavy atom. The Hall–Kier alpha value is -3.41. The van der Waals surface area contributed by atoms with E-state index in [1.807, 2.05) is 50.4 Å². The van der Waals surface area contributed by atoms with Gasteiger partial charge in [-0.25, -0.2) is 0 Å². The molecule has 3 N–H and O–H groups in total. The number of H-pyrrole nitrogens is 1. The van der Waals surface area contributed by atoms with Crippen LogP contribution in [0.5, 0.6) is 0 Å². The van der Waals surface area contributed by atoms with Crippen molar-refractivity contribution in [2.24, 2.45) is 5.92 Å². The summed E-state index contributed by atoms with van der Waals surface area (Å²) in [5.74, 6) is -0.751. The number of rotatable bonds is 9. The second kappa shape index (κ2) is 9.87. The fraction of sp³-hybridized carbons (Fsp3) is 0.292. The molecule has 2 aromatic carbocycles. The lowest BCUT2D eigenvalue weighted by atomic mass is 9.97. The van der Waals surface area contributed by atoms with Crippen molar-refractivity contribution in [3.8, 4) is 0 Å². The predicted octanol–water partition coefficient (Wildman–Crippen LogP) is 3.24. The molecule has 0 aliphatic carbocycles. The molecule has 0 saturated carbocycles. The lowest BCUT2D eigenvalue weighted by molar-refractivity contribution is -0.126. The number of amides is 2. The smallest absolute Gasteiger partial charge is 0.251 e. The molecule has 0 aliphatic rings. The summed E-state index contributed by atoms with van der Waals surface area (Å²) in [6, 6.07) is 15.2. The van der Waals surface area contributed by atoms with E-state index in [2.05, 4.69) is 15.6 Å². The van der Waals surface area contributed by atoms with Crippen molar-refractivity contribution in [3.05, 3.63) is 71.9 Å². The Morgan fingerprint density at radius 1 is 1.03 bits per heavy atom. The molecular formula is C24H27N3O3. The second-order valence-corrected chi connectivity index (χ2v) is 7.52. The van der Waals surface area contributed by atoms with Gasteiger partial charge < -0.3 is 20.4 Å². The largest absolute Gasteiger partial charge is 0.361 e. The van der Waals surface area contributed by atoms with Gasteiger partial charge >= 0.3 is 0 Å². The SMILES string of the molecule is CC[C@@H](C)[C@H](NC(=O)c1ccccc1)C(=O)N[C@H](C=O)Cc1c[nH]c2ccccc12. The topological polar surface area (TPSA) is 91.1 Å². The van der Waals surface area contributed by atoms with Gasteiger partial charge in [-0.1, -0.05) is 56.7 Å². The third kappa shape index (κ3) is 4.95. The minimum atomic E-state index is -0.729. The van der Waals surface area contributed by atoms with Gasteiger partial charge in [0.1, 0.15) is 12.3 Å². The van der Waals surface area contributed by atoms with Gasteiger partial charge in [0.15, 0.2) is 0 Å². The highest BCUT2D eigenvalue weighted by atomic mass is 16.2. The molecule has 0 bridgehead atoms. The molecule has 3 atom stereocenters. The number of benzene rings is 2. The zero-order chi connectivity index (χ0) is 21.5. The maximum atomic E-state index is 13.0. The maximum Gasteiger partial charge on any atom is 0.251 e. The number of carbonyl (C=O) groups is 3. The highest BCUT2D eigenvalue weighted by Crippen LogP contribution is 2.19. The highest BCUT2D eigenvalue weighted by molar-refractivity contribution is 5.98. The zero-order valence-corrected chi connectivity index (χ0v) is 17.2. The van der Waals surface area contributed by atoms with Crippen LogP contribution in [0.2, 0.25) is 0 Å². The van der Waals surface area contributed by atoms with Crippen LogP contribution in [0.4, 0.5) is 0 Å². The van der Waals surface area contributed by atoms with E-state index in [9.17, 15) is 14.4 Å². The summed E-state index contributed by atoms with van der Waals surface area (Å²) in [6.45, 7) is 3.87. The summed E-state index contributed by atoms with van der Waals surface area (Å²) in [4.78, 5) is 40.4. The zero-order valence-electron chi connectivity index (χ0n) is 17.2. The summed E-state index contributed by atoms with van der Waals surface area (Å²) in [5.41, 5.74) is 2.43. The molecule has 6 heteroatoms. The van der Waals surface area contributed by atoms with Gasteiger partial charge in [-0.2, -0.15) is 0 Å². The van der Waals surface area contributed by atoms with Crippen molar-refractivity contribution in [1.29, 1.82) is 0 Å². The normalized spacial score (nSPS) is 13.9. The van der Waals surface area contributed by atoms with E-state index in [1.54, 1.807) is 24.3 Å². The number of aldehydes is 1. The molecule has 156 valence electrons. The van der Waals surface area contributed by atoms with Crippen LogP contribution in [0.1, 0.15) is 36.2 Å². The quantitative estimate of drug-likeness (QED) is 0.477. The maximum absolute atomic E-state index is 13.0. The first-order valence-corrected chi connectivity index (χ1v) is 10.2. The Kier molecular flexibility index (Phi) is 7.01. The van der Waals surface area contributed by atoms with Crippen LogP contribution in [0.3, 0.4) is 0 Å². The molecule has 2 amide bonds. The predicted molar refractivity (Wildman–Crippen MR) is 117 cm³/mol. The molecule has 1 heterocycles. The Balaban J connectivity index is 1.71. The Morgan fingerprint density at radius 3 is 2.43 bits per heavy atom. The van der Waals surface area contributed by atoms with E-state index < -0.39 is 12.1 Å². The van der Waals surface area contributed by atoms with E-state index in [0.29, 0.717) is 18.4 Å². The molecule has 0 radical (unpaired) electrons. The number of hydrogen-bond donors (Lipinski definition) is 3. The number of aromatic nitrogens is 1. The second-order valence-electron chi connectivity index (χ2n) is 7.52. The van der Waals surface area contributed by atoms with Crippen molar-refractivity contribution >= 4 is 29.0 Å². The average Bonchev–Trinajstić information content (AvgIpc) is 3.19. The van der Waals surface area contributed by atoms with Crippen molar-refractivity contribution < 1.29 is 14.4 Å². The van der Waals surface area contributed by atoms with Crippen molar-refractivity contribution in [2.75, 3.05) is 0 Å². The number of aromatic amines is 1. The van der Waals surface area contributed by atoms with Crippen LogP contribution in [-0.2, 0) is 16.0 Å². The lowest BCUT2D eigenvalue weighted by Gasteiger charge is -2.25. The van der Waals surface area contributed by atoms with E-state index in [4.69, 9.17) is 0 Å². The van der Waals surface area contributed by atoms with E-state index in [0.717, 1.165) is 22.8 Å². The number of hydrogen-bond acceptors (Lipinski definition) is 3. The van der Waals surface area contributed by atoms with E-state index in [-0.39, 0.29) is 17.7 Å².